The van der Waals surface area contributed by atoms with Gasteiger partial charge in [0.05, 0.1) is 39.3 Å². The first-order valence-electron chi connectivity index (χ1n) is 11.1. The van der Waals surface area contributed by atoms with Crippen molar-refractivity contribution >= 4 is 7.87 Å². The lowest BCUT2D eigenvalue weighted by molar-refractivity contribution is 0.137. The molecule has 0 atom stereocenters. The first kappa shape index (κ1) is 20.4. The van der Waals surface area contributed by atoms with E-state index in [9.17, 15) is 0 Å². The Bertz CT molecular complexity index is 408. The van der Waals surface area contributed by atoms with E-state index in [-0.39, 0.29) is 0 Å². The van der Waals surface area contributed by atoms with Gasteiger partial charge in [-0.05, 0) is 34.0 Å². The first-order valence-corrected chi connectivity index (χ1v) is 12.7. The normalized spacial score (nSPS) is 30.3. The van der Waals surface area contributed by atoms with Crippen molar-refractivity contribution < 1.29 is 0 Å². The number of piperazine rings is 3. The van der Waals surface area contributed by atoms with Crippen molar-refractivity contribution in [2.75, 3.05) is 113 Å². The number of hydrogen-bond donors (Lipinski definition) is 0. The van der Waals surface area contributed by atoms with E-state index < -0.39 is 7.87 Å². The molecule has 0 aromatic heterocycles. The van der Waals surface area contributed by atoms with Crippen molar-refractivity contribution in [3.05, 3.63) is 0 Å². The van der Waals surface area contributed by atoms with Crippen LogP contribution in [0, 0.1) is 0 Å². The summed E-state index contributed by atoms with van der Waals surface area (Å²) in [5.74, 6) is 0. The molecule has 0 aliphatic carbocycles. The van der Waals surface area contributed by atoms with Crippen LogP contribution in [0.3, 0.4) is 0 Å². The average Bonchev–Trinajstić information content (AvgIpc) is 3.21. The molecule has 7 nitrogen and oxygen atoms in total. The molecule has 0 aromatic carbocycles. The van der Waals surface area contributed by atoms with Crippen LogP contribution in [0.25, 0.3) is 0 Å². The van der Waals surface area contributed by atoms with Gasteiger partial charge in [0.2, 0.25) is 0 Å². The molecule has 0 aromatic rings. The minimum atomic E-state index is -1.60. The fraction of sp³-hybridized carbons (Fsp3) is 1.00. The zero-order valence-electron chi connectivity index (χ0n) is 17.9. The molecular weight excluding hydrogens is 357 g/mol. The Balaban J connectivity index is 1.68. The van der Waals surface area contributed by atoms with Crippen LogP contribution in [-0.4, -0.2) is 146 Å². The minimum absolute atomic E-state index is 1.22. The topological polar surface area (TPSA) is 22.7 Å². The van der Waals surface area contributed by atoms with Crippen LogP contribution in [0.2, 0.25) is 0 Å². The molecule has 0 saturated carbocycles. The lowest BCUT2D eigenvalue weighted by Crippen LogP contribution is -2.61. The Labute approximate surface area is 167 Å². The molecule has 8 heteroatoms. The second-order valence-corrected chi connectivity index (χ2v) is 12.3. The summed E-state index contributed by atoms with van der Waals surface area (Å²) < 4.78 is 11.9. The Kier molecular flexibility index (Phi) is 6.72. The zero-order valence-corrected chi connectivity index (χ0v) is 18.8. The van der Waals surface area contributed by atoms with Gasteiger partial charge in [-0.15, -0.1) is 18.7 Å². The molecule has 0 radical (unpaired) electrons. The summed E-state index contributed by atoms with van der Waals surface area (Å²) in [5.41, 5.74) is 0. The second-order valence-electron chi connectivity index (χ2n) is 8.97. The lowest BCUT2D eigenvalue weighted by atomic mass is 10.4. The maximum atomic E-state index is 2.97. The number of nitrogens with zero attached hydrogens (tertiary/aromatic N) is 7. The number of rotatable bonds is 4. The van der Waals surface area contributed by atoms with E-state index in [2.05, 4.69) is 54.5 Å². The quantitative estimate of drug-likeness (QED) is 0.636. The fourth-order valence-electron chi connectivity index (χ4n) is 5.23. The summed E-state index contributed by atoms with van der Waals surface area (Å²) in [5, 5.41) is 0. The van der Waals surface area contributed by atoms with E-state index in [1.54, 1.807) is 0 Å². The number of hydrogen-bond acceptors (Lipinski definition) is 7. The molecule has 4 rings (SSSR count). The van der Waals surface area contributed by atoms with Crippen molar-refractivity contribution in [3.63, 3.8) is 0 Å². The van der Waals surface area contributed by atoms with Crippen molar-refractivity contribution in [1.29, 1.82) is 0 Å². The SMILES string of the molecule is CN1CCN([P+](N2CCCC2)(N2CCN(C)CC2)N2CCN(C)CC2)CC1. The molecule has 0 spiro atoms. The van der Waals surface area contributed by atoms with Crippen molar-refractivity contribution in [2.45, 2.75) is 12.8 Å². The molecule has 0 N–H and O–H groups in total. The van der Waals surface area contributed by atoms with Crippen LogP contribution in [-0.2, 0) is 0 Å². The van der Waals surface area contributed by atoms with E-state index in [4.69, 9.17) is 0 Å². The third kappa shape index (κ3) is 4.08. The maximum Gasteiger partial charge on any atom is 0.308 e. The molecule has 4 saturated heterocycles. The molecule has 27 heavy (non-hydrogen) atoms. The minimum Gasteiger partial charge on any atom is -0.304 e. The van der Waals surface area contributed by atoms with Crippen molar-refractivity contribution in [2.24, 2.45) is 0 Å². The van der Waals surface area contributed by atoms with Crippen LogP contribution in [0.5, 0.6) is 0 Å². The summed E-state index contributed by atoms with van der Waals surface area (Å²) in [6.45, 7) is 17.3. The highest BCUT2D eigenvalue weighted by atomic mass is 31.2. The summed E-state index contributed by atoms with van der Waals surface area (Å²) in [6.07, 6.45) is 2.77. The third-order valence-electron chi connectivity index (χ3n) is 7.04. The lowest BCUT2D eigenvalue weighted by Gasteiger charge is -2.54. The van der Waals surface area contributed by atoms with Gasteiger partial charge in [0.25, 0.3) is 0 Å². The van der Waals surface area contributed by atoms with Gasteiger partial charge < -0.3 is 14.7 Å². The smallest absolute Gasteiger partial charge is 0.304 e. The van der Waals surface area contributed by atoms with Crippen LogP contribution >= 0.6 is 7.87 Å². The Morgan fingerprint density at radius 3 is 0.926 bits per heavy atom. The fourth-order valence-corrected chi connectivity index (χ4v) is 10.3. The molecule has 4 aliphatic rings. The number of likely N-dealkylation sites (N-methyl/N-ethyl adjacent to an activating group) is 3. The van der Waals surface area contributed by atoms with E-state index in [0.717, 1.165) is 0 Å². The highest BCUT2D eigenvalue weighted by molar-refractivity contribution is 7.66. The average molecular weight is 399 g/mol. The Hall–Kier alpha value is 0.150. The van der Waals surface area contributed by atoms with E-state index in [0.29, 0.717) is 0 Å². The van der Waals surface area contributed by atoms with E-state index in [1.165, 1.54) is 104 Å². The van der Waals surface area contributed by atoms with Crippen LogP contribution in [0.1, 0.15) is 12.8 Å². The Morgan fingerprint density at radius 1 is 0.370 bits per heavy atom. The maximum absolute atomic E-state index is 2.97. The van der Waals surface area contributed by atoms with Crippen molar-refractivity contribution in [3.8, 4) is 0 Å². The van der Waals surface area contributed by atoms with Gasteiger partial charge in [-0.1, -0.05) is 0 Å². The van der Waals surface area contributed by atoms with Gasteiger partial charge in [-0.25, -0.2) is 0 Å². The van der Waals surface area contributed by atoms with E-state index >= 15 is 0 Å². The first-order chi connectivity index (χ1) is 13.1. The molecule has 0 bridgehead atoms. The van der Waals surface area contributed by atoms with Gasteiger partial charge in [-0.3, -0.25) is 0 Å². The highest BCUT2D eigenvalue weighted by Gasteiger charge is 2.62. The summed E-state index contributed by atoms with van der Waals surface area (Å²) >= 11 is 0. The molecule has 4 fully saturated rings. The van der Waals surface area contributed by atoms with Crippen LogP contribution in [0.4, 0.5) is 0 Å². The van der Waals surface area contributed by atoms with Crippen LogP contribution < -0.4 is 0 Å². The zero-order chi connectivity index (χ0) is 18.9. The predicted molar refractivity (Wildman–Crippen MR) is 115 cm³/mol. The van der Waals surface area contributed by atoms with E-state index in [1.807, 2.05) is 0 Å². The van der Waals surface area contributed by atoms with Gasteiger partial charge in [0.1, 0.15) is 0 Å². The molecule has 156 valence electrons. The predicted octanol–water partition coefficient (Wildman–Crippen LogP) is 0.502. The van der Waals surface area contributed by atoms with Gasteiger partial charge in [-0.2, -0.15) is 0 Å². The summed E-state index contributed by atoms with van der Waals surface area (Å²) in [7, 11) is 5.28. The molecule has 0 unspecified atom stereocenters. The Morgan fingerprint density at radius 2 is 0.630 bits per heavy atom. The summed E-state index contributed by atoms with van der Waals surface area (Å²) in [6, 6.07) is 0. The molecule has 4 heterocycles. The molecular formula is C19H41N7P+. The molecule has 0 amide bonds. The van der Waals surface area contributed by atoms with Gasteiger partial charge >= 0.3 is 7.87 Å². The van der Waals surface area contributed by atoms with Crippen LogP contribution in [0.15, 0.2) is 0 Å². The highest BCUT2D eigenvalue weighted by Crippen LogP contribution is 2.71. The monoisotopic (exact) mass is 398 g/mol. The standard InChI is InChI=1S/C19H41N7P/c1-20-8-14-24(15-9-20)27(23-6-4-5-7-23,25-16-10-21(2)11-17-25)26-18-12-22(3)13-19-26/h4-19H2,1-3H3/q+1. The molecule has 4 aliphatic heterocycles. The largest absolute Gasteiger partial charge is 0.308 e. The summed E-state index contributed by atoms with van der Waals surface area (Å²) in [4.78, 5) is 7.55. The van der Waals surface area contributed by atoms with Crippen molar-refractivity contribution in [1.82, 2.24) is 33.4 Å². The second kappa shape index (κ2) is 8.88. The van der Waals surface area contributed by atoms with Gasteiger partial charge in [0.15, 0.2) is 0 Å². The van der Waals surface area contributed by atoms with Gasteiger partial charge in [0, 0.05) is 52.4 Å². The third-order valence-corrected chi connectivity index (χ3v) is 11.7.